The largest absolute Gasteiger partial charge is 0.382 e. The number of nitrogens with two attached hydrogens (primary N) is 2. The van der Waals surface area contributed by atoms with Gasteiger partial charge >= 0.3 is 0 Å². The average molecular weight is 469 g/mol. The smallest absolute Gasteiger partial charge is 0.211 e. The first-order chi connectivity index (χ1) is 15.6. The van der Waals surface area contributed by atoms with Crippen LogP contribution in [0.3, 0.4) is 0 Å². The van der Waals surface area contributed by atoms with Crippen LogP contribution < -0.4 is 16.4 Å². The fourth-order valence-corrected chi connectivity index (χ4v) is 5.92. The van der Waals surface area contributed by atoms with Gasteiger partial charge in [-0.25, -0.2) is 19.6 Å². The SMILES string of the molecule is Nc1nccc(Sc2cnc(N3CCC4(CC3)Cn3nncc3[C@H]4N)n3ccnc23)c1Cl. The molecule has 0 bridgehead atoms. The molecule has 0 saturated carbocycles. The Kier molecular flexibility index (Phi) is 4.52. The van der Waals surface area contributed by atoms with Crippen molar-refractivity contribution in [1.82, 2.24) is 34.3 Å². The summed E-state index contributed by atoms with van der Waals surface area (Å²) in [6.45, 7) is 2.56. The Morgan fingerprint density at radius 3 is 2.75 bits per heavy atom. The Balaban J connectivity index is 1.26. The van der Waals surface area contributed by atoms with Crippen LogP contribution in [-0.4, -0.2) is 47.4 Å². The number of fused-ring (bicyclic) bond motifs is 2. The predicted octanol–water partition coefficient (Wildman–Crippen LogP) is 2.40. The van der Waals surface area contributed by atoms with Gasteiger partial charge in [-0.1, -0.05) is 28.6 Å². The number of hydrogen-bond donors (Lipinski definition) is 2. The highest BCUT2D eigenvalue weighted by atomic mass is 35.5. The summed E-state index contributed by atoms with van der Waals surface area (Å²) in [6, 6.07) is 1.81. The van der Waals surface area contributed by atoms with E-state index in [2.05, 4.69) is 25.2 Å². The molecule has 2 aliphatic rings. The second-order valence-electron chi connectivity index (χ2n) is 8.30. The Hall–Kier alpha value is -2.89. The van der Waals surface area contributed by atoms with Crippen LogP contribution in [0.5, 0.6) is 0 Å². The highest BCUT2D eigenvalue weighted by molar-refractivity contribution is 7.99. The molecule has 32 heavy (non-hydrogen) atoms. The monoisotopic (exact) mass is 468 g/mol. The molecule has 2 aliphatic heterocycles. The van der Waals surface area contributed by atoms with Crippen LogP contribution in [-0.2, 0) is 6.54 Å². The summed E-state index contributed by atoms with van der Waals surface area (Å²) in [7, 11) is 0. The first-order valence-corrected chi connectivity index (χ1v) is 11.5. The molecule has 4 aromatic heterocycles. The van der Waals surface area contributed by atoms with Gasteiger partial charge in [-0.15, -0.1) is 5.10 Å². The van der Waals surface area contributed by atoms with Crippen molar-refractivity contribution in [3.05, 3.63) is 47.8 Å². The Morgan fingerprint density at radius 2 is 1.94 bits per heavy atom. The summed E-state index contributed by atoms with van der Waals surface area (Å²) < 4.78 is 3.98. The van der Waals surface area contributed by atoms with Crippen LogP contribution in [0.2, 0.25) is 5.02 Å². The number of nitrogens with zero attached hydrogens (tertiary/aromatic N) is 8. The molecule has 1 saturated heterocycles. The van der Waals surface area contributed by atoms with E-state index in [1.807, 2.05) is 27.5 Å². The van der Waals surface area contributed by atoms with Crippen molar-refractivity contribution in [3.8, 4) is 0 Å². The maximum atomic E-state index is 6.60. The number of hydrogen-bond acceptors (Lipinski definition) is 9. The lowest BCUT2D eigenvalue weighted by Crippen LogP contribution is -2.45. The molecule has 10 nitrogen and oxygen atoms in total. The highest BCUT2D eigenvalue weighted by Gasteiger charge is 2.47. The minimum absolute atomic E-state index is 0.0304. The second-order valence-corrected chi connectivity index (χ2v) is 9.76. The summed E-state index contributed by atoms with van der Waals surface area (Å²) in [5, 5.41) is 8.62. The summed E-state index contributed by atoms with van der Waals surface area (Å²) in [5.41, 5.74) is 14.3. The van der Waals surface area contributed by atoms with Crippen molar-refractivity contribution in [3.63, 3.8) is 0 Å². The molecule has 0 aliphatic carbocycles. The molecule has 6 rings (SSSR count). The van der Waals surface area contributed by atoms with E-state index in [0.717, 1.165) is 59.6 Å². The second kappa shape index (κ2) is 7.32. The first kappa shape index (κ1) is 19.8. The van der Waals surface area contributed by atoms with E-state index in [-0.39, 0.29) is 11.5 Å². The Labute approximate surface area is 193 Å². The van der Waals surface area contributed by atoms with Gasteiger partial charge in [0, 0.05) is 48.2 Å². The molecule has 12 heteroatoms. The zero-order valence-electron chi connectivity index (χ0n) is 17.1. The van der Waals surface area contributed by atoms with Crippen LogP contribution in [0.15, 0.2) is 46.8 Å². The van der Waals surface area contributed by atoms with Gasteiger partial charge in [0.05, 0.1) is 34.4 Å². The quantitative estimate of drug-likeness (QED) is 0.465. The Morgan fingerprint density at radius 1 is 1.09 bits per heavy atom. The normalized spacial score (nSPS) is 19.7. The summed E-state index contributed by atoms with van der Waals surface area (Å²) in [4.78, 5) is 17.4. The summed E-state index contributed by atoms with van der Waals surface area (Å²) >= 11 is 7.81. The van der Waals surface area contributed by atoms with Crippen molar-refractivity contribution >= 4 is 40.8 Å². The van der Waals surface area contributed by atoms with Crippen molar-refractivity contribution < 1.29 is 0 Å². The van der Waals surface area contributed by atoms with Crippen molar-refractivity contribution in [1.29, 1.82) is 0 Å². The standard InChI is InChI=1S/C20H21ClN10S/c21-15-13(1-4-24-17(15)23)32-14-10-26-19(30-8-5-25-18(14)30)29-6-2-20(3-7-29)11-31-12(16(20)22)9-27-28-31/h1,4-5,8-10,16H,2-3,6-7,11,22H2,(H2,23,24)/t16-/m1/s1. The maximum absolute atomic E-state index is 6.60. The van der Waals surface area contributed by atoms with Crippen molar-refractivity contribution in [2.24, 2.45) is 11.1 Å². The molecule has 0 amide bonds. The third-order valence-corrected chi connectivity index (χ3v) is 8.18. The van der Waals surface area contributed by atoms with Gasteiger partial charge in [0.15, 0.2) is 5.65 Å². The lowest BCUT2D eigenvalue weighted by atomic mass is 9.74. The van der Waals surface area contributed by atoms with Gasteiger partial charge < -0.3 is 16.4 Å². The maximum Gasteiger partial charge on any atom is 0.211 e. The molecule has 1 fully saturated rings. The van der Waals surface area contributed by atoms with Crippen LogP contribution in [0.4, 0.5) is 11.8 Å². The molecular weight excluding hydrogens is 448 g/mol. The molecule has 4 N–H and O–H groups in total. The molecule has 164 valence electrons. The van der Waals surface area contributed by atoms with Gasteiger partial charge in [0.25, 0.3) is 0 Å². The van der Waals surface area contributed by atoms with Crippen LogP contribution in [0.25, 0.3) is 5.65 Å². The van der Waals surface area contributed by atoms with E-state index in [9.17, 15) is 0 Å². The number of pyridine rings is 1. The number of anilines is 2. The third kappa shape index (κ3) is 2.95. The minimum atomic E-state index is -0.0304. The highest BCUT2D eigenvalue weighted by Crippen LogP contribution is 2.47. The van der Waals surface area contributed by atoms with Crippen LogP contribution in [0, 0.1) is 5.41 Å². The van der Waals surface area contributed by atoms with E-state index < -0.39 is 0 Å². The van der Waals surface area contributed by atoms with Crippen LogP contribution >= 0.6 is 23.4 Å². The molecule has 4 aromatic rings. The number of halogens is 1. The number of rotatable bonds is 3. The predicted molar refractivity (Wildman–Crippen MR) is 122 cm³/mol. The van der Waals surface area contributed by atoms with Gasteiger partial charge in [-0.2, -0.15) is 0 Å². The molecule has 0 aromatic carbocycles. The van der Waals surface area contributed by atoms with Crippen molar-refractivity contribution in [2.45, 2.75) is 35.2 Å². The van der Waals surface area contributed by atoms with E-state index in [1.54, 1.807) is 18.6 Å². The fourth-order valence-electron chi connectivity index (χ4n) is 4.79. The van der Waals surface area contributed by atoms with E-state index >= 15 is 0 Å². The van der Waals surface area contributed by atoms with Gasteiger partial charge in [-0.05, 0) is 18.9 Å². The molecule has 1 atom stereocenters. The lowest BCUT2D eigenvalue weighted by molar-refractivity contribution is 0.168. The Bertz CT molecular complexity index is 1310. The van der Waals surface area contributed by atoms with Crippen LogP contribution in [0.1, 0.15) is 24.6 Å². The fraction of sp³-hybridized carbons (Fsp3) is 0.350. The molecule has 1 spiro atoms. The minimum Gasteiger partial charge on any atom is -0.382 e. The summed E-state index contributed by atoms with van der Waals surface area (Å²) in [5.74, 6) is 1.19. The number of piperidine rings is 1. The van der Waals surface area contributed by atoms with Crippen molar-refractivity contribution in [2.75, 3.05) is 23.7 Å². The van der Waals surface area contributed by atoms with Gasteiger partial charge in [0.2, 0.25) is 5.95 Å². The lowest BCUT2D eigenvalue weighted by Gasteiger charge is -2.41. The van der Waals surface area contributed by atoms with E-state index in [0.29, 0.717) is 10.8 Å². The number of nitrogen functional groups attached to an aromatic ring is 1. The van der Waals surface area contributed by atoms with E-state index in [4.69, 9.17) is 28.1 Å². The zero-order chi connectivity index (χ0) is 21.9. The molecular formula is C20H21ClN10S. The number of imidazole rings is 1. The van der Waals surface area contributed by atoms with Gasteiger partial charge in [0.1, 0.15) is 5.82 Å². The number of aromatic nitrogens is 7. The third-order valence-electron chi connectivity index (χ3n) is 6.61. The topological polar surface area (TPSA) is 129 Å². The van der Waals surface area contributed by atoms with E-state index in [1.165, 1.54) is 11.8 Å². The molecule has 0 radical (unpaired) electrons. The zero-order valence-corrected chi connectivity index (χ0v) is 18.7. The summed E-state index contributed by atoms with van der Waals surface area (Å²) in [6.07, 6.45) is 11.0. The molecule has 6 heterocycles. The van der Waals surface area contributed by atoms with Gasteiger partial charge in [-0.3, -0.25) is 4.40 Å². The molecule has 0 unspecified atom stereocenters. The average Bonchev–Trinajstić information content (AvgIpc) is 3.51. The first-order valence-electron chi connectivity index (χ1n) is 10.3.